The van der Waals surface area contributed by atoms with Gasteiger partial charge in [-0.3, -0.25) is 9.59 Å². The number of alkyl halides is 1. The quantitative estimate of drug-likeness (QED) is 0.609. The van der Waals surface area contributed by atoms with Crippen LogP contribution in [0.25, 0.3) is 0 Å². The molecular formula is C13H14Cl2FNO4. The zero-order valence-electron chi connectivity index (χ0n) is 11.1. The second-order valence-corrected chi connectivity index (χ2v) is 5.31. The second-order valence-electron chi connectivity index (χ2n) is 4.38. The van der Waals surface area contributed by atoms with Crippen molar-refractivity contribution in [2.75, 3.05) is 7.11 Å². The zero-order chi connectivity index (χ0) is 16.2. The van der Waals surface area contributed by atoms with Crippen molar-refractivity contribution < 1.29 is 23.8 Å². The van der Waals surface area contributed by atoms with Crippen LogP contribution in [0.3, 0.4) is 0 Å². The molecule has 3 N–H and O–H groups in total. The molecule has 5 nitrogen and oxygen atoms in total. The van der Waals surface area contributed by atoms with Gasteiger partial charge in [-0.2, -0.15) is 0 Å². The highest BCUT2D eigenvalue weighted by Crippen LogP contribution is 2.24. The van der Waals surface area contributed by atoms with Crippen LogP contribution in [0.15, 0.2) is 12.1 Å². The first kappa shape index (κ1) is 17.7. The van der Waals surface area contributed by atoms with Crippen molar-refractivity contribution in [2.24, 2.45) is 5.73 Å². The summed E-state index contributed by atoms with van der Waals surface area (Å²) in [6.07, 6.45) is -0.167. The smallest absolute Gasteiger partial charge is 0.324 e. The van der Waals surface area contributed by atoms with Crippen molar-refractivity contribution in [3.05, 3.63) is 34.1 Å². The van der Waals surface area contributed by atoms with Gasteiger partial charge in [-0.1, -0.05) is 17.7 Å². The zero-order valence-corrected chi connectivity index (χ0v) is 12.6. The maximum Gasteiger partial charge on any atom is 0.324 e. The molecule has 1 rings (SSSR count). The fraction of sp³-hybridized carbons (Fsp3) is 0.385. The minimum Gasteiger partial charge on any atom is -0.480 e. The van der Waals surface area contributed by atoms with Crippen LogP contribution in [-0.4, -0.2) is 35.6 Å². The molecule has 8 heteroatoms. The van der Waals surface area contributed by atoms with Crippen molar-refractivity contribution in [2.45, 2.75) is 24.3 Å². The molecule has 1 aromatic carbocycles. The van der Waals surface area contributed by atoms with Crippen molar-refractivity contribution in [3.8, 4) is 0 Å². The van der Waals surface area contributed by atoms with E-state index >= 15 is 0 Å². The van der Waals surface area contributed by atoms with E-state index in [0.29, 0.717) is 5.56 Å². The molecule has 0 aliphatic rings. The summed E-state index contributed by atoms with van der Waals surface area (Å²) in [5.74, 6) is -2.54. The van der Waals surface area contributed by atoms with Gasteiger partial charge in [0.2, 0.25) is 0 Å². The third-order valence-corrected chi connectivity index (χ3v) is 3.51. The molecule has 0 amide bonds. The average Bonchev–Trinajstić information content (AvgIpc) is 2.42. The number of carboxylic acid groups (broad SMARTS) is 1. The fourth-order valence-electron chi connectivity index (χ4n) is 1.69. The first-order chi connectivity index (χ1) is 9.76. The van der Waals surface area contributed by atoms with E-state index in [4.69, 9.17) is 34.0 Å². The predicted molar refractivity (Wildman–Crippen MR) is 76.1 cm³/mol. The number of benzene rings is 1. The third kappa shape index (κ3) is 4.84. The number of rotatable bonds is 6. The van der Waals surface area contributed by atoms with E-state index in [1.54, 1.807) is 0 Å². The van der Waals surface area contributed by atoms with E-state index < -0.39 is 29.2 Å². The third-order valence-electron chi connectivity index (χ3n) is 2.83. The van der Waals surface area contributed by atoms with Gasteiger partial charge in [0.05, 0.1) is 7.11 Å². The van der Waals surface area contributed by atoms with Gasteiger partial charge in [0, 0.05) is 17.9 Å². The van der Waals surface area contributed by atoms with Gasteiger partial charge in [0.15, 0.2) is 0 Å². The van der Waals surface area contributed by atoms with Gasteiger partial charge in [0.1, 0.15) is 17.2 Å². The van der Waals surface area contributed by atoms with E-state index in [1.165, 1.54) is 13.2 Å². The van der Waals surface area contributed by atoms with Crippen LogP contribution in [0, 0.1) is 5.82 Å². The van der Waals surface area contributed by atoms with Crippen LogP contribution in [0.1, 0.15) is 11.1 Å². The number of methoxy groups -OCH3 is 1. The normalized spacial score (nSPS) is 13.6. The maximum absolute atomic E-state index is 13.8. The molecule has 0 bridgehead atoms. The number of carboxylic acids is 1. The lowest BCUT2D eigenvalue weighted by atomic mass is 10.0. The Kier molecular flexibility index (Phi) is 6.39. The van der Waals surface area contributed by atoms with Gasteiger partial charge >= 0.3 is 11.9 Å². The number of nitrogens with two attached hydrogens (primary N) is 1. The molecule has 0 saturated heterocycles. The highest BCUT2D eigenvalue weighted by atomic mass is 35.5. The van der Waals surface area contributed by atoms with Crippen LogP contribution in [0.2, 0.25) is 5.02 Å². The van der Waals surface area contributed by atoms with E-state index in [1.807, 2.05) is 0 Å². The van der Waals surface area contributed by atoms with Crippen molar-refractivity contribution in [3.63, 3.8) is 0 Å². The maximum atomic E-state index is 13.8. The minimum atomic E-state index is -1.24. The lowest BCUT2D eigenvalue weighted by molar-refractivity contribution is -0.140. The van der Waals surface area contributed by atoms with Gasteiger partial charge in [0.25, 0.3) is 0 Å². The Hall–Kier alpha value is -1.37. The van der Waals surface area contributed by atoms with E-state index in [9.17, 15) is 14.0 Å². The Labute approximate surface area is 130 Å². The number of hydrogen-bond donors (Lipinski definition) is 2. The van der Waals surface area contributed by atoms with Crippen molar-refractivity contribution in [1.82, 2.24) is 0 Å². The number of ether oxygens (including phenoxy) is 1. The average molecular weight is 338 g/mol. The van der Waals surface area contributed by atoms with E-state index in [-0.39, 0.29) is 23.4 Å². The molecule has 1 aromatic rings. The summed E-state index contributed by atoms with van der Waals surface area (Å²) < 4.78 is 18.2. The van der Waals surface area contributed by atoms with Gasteiger partial charge in [-0.05, 0) is 17.2 Å². The Morgan fingerprint density at radius 3 is 2.52 bits per heavy atom. The molecule has 0 aliphatic carbocycles. The molecular weight excluding hydrogens is 324 g/mol. The molecule has 0 saturated carbocycles. The molecule has 0 spiro atoms. The van der Waals surface area contributed by atoms with Crippen LogP contribution in [0.5, 0.6) is 0 Å². The highest BCUT2D eigenvalue weighted by Gasteiger charge is 2.21. The molecule has 2 atom stereocenters. The summed E-state index contributed by atoms with van der Waals surface area (Å²) in [4.78, 5) is 22.0. The molecule has 0 aromatic heterocycles. The van der Waals surface area contributed by atoms with Crippen LogP contribution in [-0.2, 0) is 27.2 Å². The highest BCUT2D eigenvalue weighted by molar-refractivity contribution is 6.32. The summed E-state index contributed by atoms with van der Waals surface area (Å²) in [6.45, 7) is 0. The van der Waals surface area contributed by atoms with Crippen molar-refractivity contribution in [1.29, 1.82) is 0 Å². The summed E-state index contributed by atoms with van der Waals surface area (Å²) in [6, 6.07) is 1.17. The van der Waals surface area contributed by atoms with Gasteiger partial charge in [-0.25, -0.2) is 4.39 Å². The number of aliphatic carboxylic acids is 1. The SMILES string of the molecule is COC(=O)C(Cl)Cc1cc(C[C@H](N)C(=O)O)c(F)cc1Cl. The summed E-state index contributed by atoms with van der Waals surface area (Å²) in [7, 11) is 1.20. The Morgan fingerprint density at radius 1 is 1.38 bits per heavy atom. The number of esters is 1. The number of carbonyl (C=O) groups is 2. The fourth-order valence-corrected chi connectivity index (χ4v) is 2.17. The molecule has 21 heavy (non-hydrogen) atoms. The lowest BCUT2D eigenvalue weighted by Gasteiger charge is -2.13. The van der Waals surface area contributed by atoms with Crippen LogP contribution >= 0.6 is 23.2 Å². The van der Waals surface area contributed by atoms with Crippen molar-refractivity contribution >= 4 is 35.1 Å². The van der Waals surface area contributed by atoms with Crippen LogP contribution in [0.4, 0.5) is 4.39 Å². The molecule has 0 heterocycles. The monoisotopic (exact) mass is 337 g/mol. The Morgan fingerprint density at radius 2 is 2.00 bits per heavy atom. The Balaban J connectivity index is 3.00. The first-order valence-electron chi connectivity index (χ1n) is 5.93. The lowest BCUT2D eigenvalue weighted by Crippen LogP contribution is -2.32. The predicted octanol–water partition coefficient (Wildman–Crippen LogP) is 1.76. The number of hydrogen-bond acceptors (Lipinski definition) is 4. The van der Waals surface area contributed by atoms with E-state index in [2.05, 4.69) is 4.74 Å². The summed E-state index contributed by atoms with van der Waals surface area (Å²) in [5.41, 5.74) is 5.89. The topological polar surface area (TPSA) is 89.6 Å². The second kappa shape index (κ2) is 7.59. The van der Waals surface area contributed by atoms with E-state index in [0.717, 1.165) is 6.07 Å². The molecule has 0 fully saturated rings. The molecule has 116 valence electrons. The van der Waals surface area contributed by atoms with Gasteiger partial charge in [-0.15, -0.1) is 11.6 Å². The Bertz CT molecular complexity index is 553. The summed E-state index contributed by atoms with van der Waals surface area (Å²) in [5, 5.41) is 7.87. The molecule has 0 aliphatic heterocycles. The first-order valence-corrected chi connectivity index (χ1v) is 6.74. The number of halogens is 3. The standard InChI is InChI=1S/C13H14Cl2FNO4/c1-21-13(20)9(15)3-6-2-7(4-11(17)12(18)19)10(16)5-8(6)14/h2,5,9,11H,3-4,17H2,1H3,(H,18,19)/t9?,11-/m0/s1. The summed E-state index contributed by atoms with van der Waals surface area (Å²) >= 11 is 11.7. The van der Waals surface area contributed by atoms with Gasteiger partial charge < -0.3 is 15.6 Å². The molecule has 0 radical (unpaired) electrons. The minimum absolute atomic E-state index is 0.0304. The number of carbonyl (C=O) groups excluding carboxylic acids is 1. The largest absolute Gasteiger partial charge is 0.480 e. The molecule has 1 unspecified atom stereocenters. The van der Waals surface area contributed by atoms with Crippen LogP contribution < -0.4 is 5.73 Å².